The molecule has 1 aliphatic carbocycles. The van der Waals surface area contributed by atoms with Crippen molar-refractivity contribution in [3.05, 3.63) is 22.6 Å². The Morgan fingerprint density at radius 3 is 2.61 bits per heavy atom. The molecule has 0 unspecified atom stereocenters. The Kier molecular flexibility index (Phi) is 3.43. The Bertz CT molecular complexity index is 434. The van der Waals surface area contributed by atoms with Crippen LogP contribution in [-0.2, 0) is 0 Å². The fourth-order valence-corrected chi connectivity index (χ4v) is 2.83. The molecule has 2 aliphatic rings. The van der Waals surface area contributed by atoms with Crippen LogP contribution < -0.4 is 0 Å². The van der Waals surface area contributed by atoms with Gasteiger partial charge in [0, 0.05) is 32.7 Å². The average molecular weight is 313 g/mol. The molecule has 1 aromatic heterocycles. The number of carbonyl (C=O) groups is 1. The summed E-state index contributed by atoms with van der Waals surface area (Å²) in [6, 6.07) is 1.73. The van der Waals surface area contributed by atoms with E-state index in [9.17, 15) is 4.79 Å². The van der Waals surface area contributed by atoms with Gasteiger partial charge in [-0.25, -0.2) is 0 Å². The van der Waals surface area contributed by atoms with Crippen LogP contribution >= 0.6 is 15.9 Å². The van der Waals surface area contributed by atoms with Crippen molar-refractivity contribution in [1.82, 2.24) is 9.80 Å². The van der Waals surface area contributed by atoms with Gasteiger partial charge >= 0.3 is 0 Å². The van der Waals surface area contributed by atoms with Gasteiger partial charge in [0.2, 0.25) is 0 Å². The van der Waals surface area contributed by atoms with E-state index in [4.69, 9.17) is 4.42 Å². The summed E-state index contributed by atoms with van der Waals surface area (Å²) in [6.07, 6.45) is 4.32. The van der Waals surface area contributed by atoms with Crippen molar-refractivity contribution in [2.24, 2.45) is 5.92 Å². The fraction of sp³-hybridized carbons (Fsp3) is 0.615. The van der Waals surface area contributed by atoms with Crippen LogP contribution in [0.15, 0.2) is 21.4 Å². The van der Waals surface area contributed by atoms with Gasteiger partial charge in [-0.2, -0.15) is 0 Å². The zero-order valence-electron chi connectivity index (χ0n) is 10.3. The van der Waals surface area contributed by atoms with E-state index in [0.717, 1.165) is 32.1 Å². The summed E-state index contributed by atoms with van der Waals surface area (Å²) in [5.74, 6) is 0.997. The molecule has 3 rings (SSSR count). The number of hydrogen-bond acceptors (Lipinski definition) is 3. The summed E-state index contributed by atoms with van der Waals surface area (Å²) >= 11 is 3.26. The quantitative estimate of drug-likeness (QED) is 0.858. The smallest absolute Gasteiger partial charge is 0.258 e. The second-order valence-electron chi connectivity index (χ2n) is 5.14. The molecular formula is C13H17BrN2O2. The summed E-state index contributed by atoms with van der Waals surface area (Å²) in [4.78, 5) is 16.6. The normalized spacial score (nSPS) is 21.3. The fourth-order valence-electron chi connectivity index (χ4n) is 2.42. The maximum absolute atomic E-state index is 12.2. The summed E-state index contributed by atoms with van der Waals surface area (Å²) in [5.41, 5.74) is 0.630. The van der Waals surface area contributed by atoms with Crippen molar-refractivity contribution in [2.75, 3.05) is 32.7 Å². The molecular weight excluding hydrogens is 296 g/mol. The highest BCUT2D eigenvalue weighted by atomic mass is 79.9. The Morgan fingerprint density at radius 2 is 2.06 bits per heavy atom. The summed E-state index contributed by atoms with van der Waals surface area (Å²) in [5, 5.41) is 0. The first-order valence-electron chi connectivity index (χ1n) is 6.48. The number of carbonyl (C=O) groups excluding carboxylic acids is 1. The van der Waals surface area contributed by atoms with Crippen LogP contribution in [0.3, 0.4) is 0 Å². The zero-order valence-corrected chi connectivity index (χ0v) is 11.9. The van der Waals surface area contributed by atoms with E-state index in [0.29, 0.717) is 10.2 Å². The maximum atomic E-state index is 12.2. The molecule has 2 heterocycles. The summed E-state index contributed by atoms with van der Waals surface area (Å²) in [6.45, 7) is 4.86. The third-order valence-corrected chi connectivity index (χ3v) is 4.34. The van der Waals surface area contributed by atoms with E-state index < -0.39 is 0 Å². The molecule has 1 aliphatic heterocycles. The van der Waals surface area contributed by atoms with Crippen LogP contribution in [0.1, 0.15) is 23.2 Å². The van der Waals surface area contributed by atoms with Gasteiger partial charge in [0.25, 0.3) is 5.91 Å². The molecule has 0 radical (unpaired) electrons. The first-order chi connectivity index (χ1) is 8.74. The maximum Gasteiger partial charge on any atom is 0.258 e. The highest BCUT2D eigenvalue weighted by Crippen LogP contribution is 2.30. The Labute approximate surface area is 115 Å². The number of piperazine rings is 1. The van der Waals surface area contributed by atoms with Crippen LogP contribution in [-0.4, -0.2) is 48.4 Å². The standard InChI is InChI=1S/C13H17BrN2O2/c14-12-11(3-8-18-12)13(17)16-6-4-15(5-7-16)9-10-1-2-10/h3,8,10H,1-2,4-7,9H2. The Morgan fingerprint density at radius 1 is 1.33 bits per heavy atom. The van der Waals surface area contributed by atoms with Gasteiger partial charge in [-0.1, -0.05) is 0 Å². The number of hydrogen-bond donors (Lipinski definition) is 0. The first-order valence-corrected chi connectivity index (χ1v) is 7.28. The zero-order chi connectivity index (χ0) is 12.5. The first kappa shape index (κ1) is 12.2. The number of nitrogens with zero attached hydrogens (tertiary/aromatic N) is 2. The molecule has 1 saturated carbocycles. The van der Waals surface area contributed by atoms with E-state index in [1.807, 2.05) is 4.90 Å². The number of furan rings is 1. The highest BCUT2D eigenvalue weighted by molar-refractivity contribution is 9.10. The molecule has 0 bridgehead atoms. The predicted molar refractivity (Wildman–Crippen MR) is 71.5 cm³/mol. The third kappa shape index (κ3) is 2.62. The van der Waals surface area contributed by atoms with E-state index in [-0.39, 0.29) is 5.91 Å². The van der Waals surface area contributed by atoms with Gasteiger partial charge < -0.3 is 9.32 Å². The van der Waals surface area contributed by atoms with Crippen molar-refractivity contribution in [3.63, 3.8) is 0 Å². The summed E-state index contributed by atoms with van der Waals surface area (Å²) in [7, 11) is 0. The van der Waals surface area contributed by atoms with Gasteiger partial charge in [0.1, 0.15) is 0 Å². The number of amides is 1. The van der Waals surface area contributed by atoms with Crippen LogP contribution in [0.5, 0.6) is 0 Å². The molecule has 1 aromatic rings. The van der Waals surface area contributed by atoms with Gasteiger partial charge in [-0.3, -0.25) is 9.69 Å². The highest BCUT2D eigenvalue weighted by Gasteiger charge is 2.28. The lowest BCUT2D eigenvalue weighted by Crippen LogP contribution is -2.49. The SMILES string of the molecule is O=C(c1ccoc1Br)N1CCN(CC2CC2)CC1. The molecule has 18 heavy (non-hydrogen) atoms. The average Bonchev–Trinajstić information content (AvgIpc) is 3.09. The largest absolute Gasteiger partial charge is 0.457 e. The monoisotopic (exact) mass is 312 g/mol. The second-order valence-corrected chi connectivity index (χ2v) is 5.86. The van der Waals surface area contributed by atoms with E-state index in [2.05, 4.69) is 20.8 Å². The van der Waals surface area contributed by atoms with E-state index in [1.54, 1.807) is 12.3 Å². The third-order valence-electron chi connectivity index (χ3n) is 3.72. The Balaban J connectivity index is 1.55. The number of halogens is 1. The number of rotatable bonds is 3. The Hall–Kier alpha value is -0.810. The van der Waals surface area contributed by atoms with E-state index >= 15 is 0 Å². The minimum absolute atomic E-state index is 0.0710. The molecule has 1 amide bonds. The second kappa shape index (κ2) is 5.05. The van der Waals surface area contributed by atoms with Crippen LogP contribution in [0.25, 0.3) is 0 Å². The minimum Gasteiger partial charge on any atom is -0.457 e. The lowest BCUT2D eigenvalue weighted by molar-refractivity contribution is 0.0630. The van der Waals surface area contributed by atoms with Crippen LogP contribution in [0, 0.1) is 5.92 Å². The molecule has 4 nitrogen and oxygen atoms in total. The van der Waals surface area contributed by atoms with Gasteiger partial charge in [0.05, 0.1) is 11.8 Å². The van der Waals surface area contributed by atoms with Crippen LogP contribution in [0.4, 0.5) is 0 Å². The molecule has 0 atom stereocenters. The van der Waals surface area contributed by atoms with Crippen molar-refractivity contribution >= 4 is 21.8 Å². The molecule has 0 spiro atoms. The van der Waals surface area contributed by atoms with Crippen LogP contribution in [0.2, 0.25) is 0 Å². The minimum atomic E-state index is 0.0710. The molecule has 98 valence electrons. The lowest BCUT2D eigenvalue weighted by Gasteiger charge is -2.34. The van der Waals surface area contributed by atoms with Crippen molar-refractivity contribution in [2.45, 2.75) is 12.8 Å². The molecule has 0 N–H and O–H groups in total. The van der Waals surface area contributed by atoms with Gasteiger partial charge in [-0.15, -0.1) is 0 Å². The molecule has 1 saturated heterocycles. The summed E-state index contributed by atoms with van der Waals surface area (Å²) < 4.78 is 5.65. The van der Waals surface area contributed by atoms with E-state index in [1.165, 1.54) is 19.4 Å². The topological polar surface area (TPSA) is 36.7 Å². The molecule has 2 fully saturated rings. The molecule has 0 aromatic carbocycles. The lowest BCUT2D eigenvalue weighted by atomic mass is 10.2. The van der Waals surface area contributed by atoms with Crippen molar-refractivity contribution in [1.29, 1.82) is 0 Å². The van der Waals surface area contributed by atoms with Crippen molar-refractivity contribution < 1.29 is 9.21 Å². The molecule has 5 heteroatoms. The van der Waals surface area contributed by atoms with Gasteiger partial charge in [0.15, 0.2) is 4.67 Å². The predicted octanol–water partition coefficient (Wildman–Crippen LogP) is 2.21. The van der Waals surface area contributed by atoms with Gasteiger partial charge in [-0.05, 0) is 40.8 Å². The van der Waals surface area contributed by atoms with Crippen molar-refractivity contribution in [3.8, 4) is 0 Å².